The lowest BCUT2D eigenvalue weighted by atomic mass is 9.98. The predicted molar refractivity (Wildman–Crippen MR) is 185 cm³/mol. The van der Waals surface area contributed by atoms with E-state index in [1.54, 1.807) is 0 Å². The van der Waals surface area contributed by atoms with E-state index < -0.39 is 11.9 Å². The number of aromatic amines is 2. The number of aliphatic carboxylic acids is 2. The number of hydrogen-bond donors (Lipinski definition) is 6. The van der Waals surface area contributed by atoms with Crippen LogP contribution in [0.3, 0.4) is 0 Å². The third-order valence-electron chi connectivity index (χ3n) is 8.47. The molecule has 0 spiro atoms. The van der Waals surface area contributed by atoms with Crippen LogP contribution in [0, 0.1) is 13.8 Å². The number of carboxylic acids is 2. The molecular formula is C34H36N4O4S2. The average molecular weight is 629 g/mol. The highest BCUT2D eigenvalue weighted by Crippen LogP contribution is 2.39. The fraction of sp³-hybridized carbons (Fsp3) is 0.294. The standard InChI is InChI=1S/C34H36N4O4S2/c1-15-21(7-9-31(39)40)27-14-28-22(8-10-32(41)42)16(2)24(36-28)12-29-34(20(6)44)18(4)26(38-29)13-30-33(19(5)43)17(3)25(37-30)11-23(15)35-27/h11-14,20,37-38,43-44H,5,7-10H2,1-4,6H3,(H,39,40)(H,41,42)/t20-/m0/s1. The Bertz CT molecular complexity index is 1980. The van der Waals surface area contributed by atoms with E-state index >= 15 is 0 Å². The molecule has 0 saturated heterocycles. The molecule has 228 valence electrons. The first-order valence-electron chi connectivity index (χ1n) is 14.4. The van der Waals surface area contributed by atoms with Gasteiger partial charge in [-0.25, -0.2) is 9.97 Å². The number of carbonyl (C=O) groups is 2. The van der Waals surface area contributed by atoms with E-state index in [1.807, 2.05) is 45.9 Å². The molecule has 0 unspecified atom stereocenters. The van der Waals surface area contributed by atoms with E-state index in [0.717, 1.165) is 72.3 Å². The van der Waals surface area contributed by atoms with Crippen LogP contribution in [0.2, 0.25) is 0 Å². The minimum atomic E-state index is -0.895. The lowest BCUT2D eigenvalue weighted by molar-refractivity contribution is -0.137. The van der Waals surface area contributed by atoms with Crippen molar-refractivity contribution in [3.05, 3.63) is 75.9 Å². The molecule has 0 radical (unpaired) electrons. The topological polar surface area (TPSA) is 132 Å². The van der Waals surface area contributed by atoms with Crippen molar-refractivity contribution < 1.29 is 19.8 Å². The summed E-state index contributed by atoms with van der Waals surface area (Å²) in [7, 11) is 0. The first kappa shape index (κ1) is 31.4. The maximum atomic E-state index is 11.6. The molecule has 10 heteroatoms. The lowest BCUT2D eigenvalue weighted by Crippen LogP contribution is -1.97. The van der Waals surface area contributed by atoms with Gasteiger partial charge in [-0.2, -0.15) is 12.6 Å². The largest absolute Gasteiger partial charge is 0.481 e. The number of carboxylic acid groups (broad SMARTS) is 2. The van der Waals surface area contributed by atoms with Crippen molar-refractivity contribution >= 4 is 86.5 Å². The molecule has 0 saturated carbocycles. The maximum Gasteiger partial charge on any atom is 0.303 e. The number of fused-ring (bicyclic) bond motifs is 8. The molecule has 0 aromatic carbocycles. The summed E-state index contributed by atoms with van der Waals surface area (Å²) in [6, 6.07) is 7.88. The fourth-order valence-electron chi connectivity index (χ4n) is 6.13. The van der Waals surface area contributed by atoms with Crippen LogP contribution in [0.4, 0.5) is 0 Å². The van der Waals surface area contributed by atoms with Crippen molar-refractivity contribution in [1.82, 2.24) is 19.9 Å². The molecule has 2 aliphatic heterocycles. The van der Waals surface area contributed by atoms with Gasteiger partial charge in [0.15, 0.2) is 0 Å². The SMILES string of the molecule is C=C(S)c1c(C)c2cc3nc(cc4nc(cc5[nH]c(cc1[nH]2)c(C)c5[C@H](C)S)C(C)=C4CCC(=O)O)C(CCC(=O)O)=C3C. The van der Waals surface area contributed by atoms with Crippen LogP contribution in [0.25, 0.3) is 49.3 Å². The normalized spacial score (nSPS) is 13.9. The first-order valence-corrected chi connectivity index (χ1v) is 15.4. The Morgan fingerprint density at radius 2 is 1.25 bits per heavy atom. The van der Waals surface area contributed by atoms with Crippen molar-refractivity contribution in [2.45, 2.75) is 65.6 Å². The van der Waals surface area contributed by atoms with Gasteiger partial charge in [0, 0.05) is 50.6 Å². The van der Waals surface area contributed by atoms with Gasteiger partial charge in [-0.1, -0.05) is 6.58 Å². The number of rotatable bonds is 8. The molecule has 5 heterocycles. The molecule has 1 atom stereocenters. The summed E-state index contributed by atoms with van der Waals surface area (Å²) in [6.45, 7) is 14.1. The van der Waals surface area contributed by atoms with Crippen LogP contribution in [0.1, 0.15) is 96.7 Å². The van der Waals surface area contributed by atoms with Crippen molar-refractivity contribution in [2.24, 2.45) is 0 Å². The van der Waals surface area contributed by atoms with Crippen LogP contribution in [-0.2, 0) is 9.59 Å². The molecule has 44 heavy (non-hydrogen) atoms. The highest BCUT2D eigenvalue weighted by Gasteiger charge is 2.23. The van der Waals surface area contributed by atoms with Gasteiger partial charge in [0.25, 0.3) is 0 Å². The Kier molecular flexibility index (Phi) is 8.68. The van der Waals surface area contributed by atoms with Crippen LogP contribution < -0.4 is 0 Å². The summed E-state index contributed by atoms with van der Waals surface area (Å²) in [6.07, 6.45) is 0.508. The smallest absolute Gasteiger partial charge is 0.303 e. The molecule has 0 aliphatic carbocycles. The molecule has 0 amide bonds. The Hall–Kier alpha value is -4.02. The number of allylic oxidation sites excluding steroid dienone is 4. The Morgan fingerprint density at radius 3 is 1.73 bits per heavy atom. The van der Waals surface area contributed by atoms with E-state index in [0.29, 0.717) is 34.8 Å². The van der Waals surface area contributed by atoms with Crippen molar-refractivity contribution in [1.29, 1.82) is 0 Å². The Morgan fingerprint density at radius 1 is 0.773 bits per heavy atom. The molecule has 2 aliphatic rings. The van der Waals surface area contributed by atoms with Gasteiger partial charge in [-0.15, -0.1) is 12.6 Å². The van der Waals surface area contributed by atoms with Crippen LogP contribution in [0.5, 0.6) is 0 Å². The summed E-state index contributed by atoms with van der Waals surface area (Å²) in [5, 5.41) is 18.9. The Labute approximate surface area is 266 Å². The lowest BCUT2D eigenvalue weighted by Gasteiger charge is -2.05. The number of nitrogens with one attached hydrogen (secondary N) is 2. The average Bonchev–Trinajstić information content (AvgIpc) is 3.59. The summed E-state index contributed by atoms with van der Waals surface area (Å²) in [5.41, 5.74) is 13.5. The van der Waals surface area contributed by atoms with Crippen LogP contribution >= 0.6 is 25.3 Å². The molecule has 5 rings (SSSR count). The van der Waals surface area contributed by atoms with Gasteiger partial charge in [-0.05, 0) is 111 Å². The molecular weight excluding hydrogens is 593 g/mol. The zero-order valence-corrected chi connectivity index (χ0v) is 27.2. The maximum absolute atomic E-state index is 11.6. The monoisotopic (exact) mass is 628 g/mol. The number of hydrogen-bond acceptors (Lipinski definition) is 6. The first-order chi connectivity index (χ1) is 20.8. The second-order valence-electron chi connectivity index (χ2n) is 11.4. The van der Waals surface area contributed by atoms with Gasteiger partial charge in [-0.3, -0.25) is 9.59 Å². The van der Waals surface area contributed by atoms with E-state index in [4.69, 9.17) is 22.6 Å². The Balaban J connectivity index is 1.96. The fourth-order valence-corrected chi connectivity index (χ4v) is 6.75. The van der Waals surface area contributed by atoms with E-state index in [1.165, 1.54) is 0 Å². The van der Waals surface area contributed by atoms with Crippen molar-refractivity contribution in [3.63, 3.8) is 0 Å². The number of nitrogens with zero attached hydrogens (tertiary/aromatic N) is 2. The summed E-state index contributed by atoms with van der Waals surface area (Å²) in [5.74, 6) is -1.79. The van der Waals surface area contributed by atoms with Gasteiger partial charge in [0.1, 0.15) is 0 Å². The quantitative estimate of drug-likeness (QED) is 0.139. The van der Waals surface area contributed by atoms with Crippen LogP contribution in [-0.4, -0.2) is 42.1 Å². The van der Waals surface area contributed by atoms with Crippen molar-refractivity contribution in [3.8, 4) is 0 Å². The zero-order valence-electron chi connectivity index (χ0n) is 25.4. The van der Waals surface area contributed by atoms with Crippen molar-refractivity contribution in [2.75, 3.05) is 0 Å². The van der Waals surface area contributed by atoms with Gasteiger partial charge in [0.05, 0.1) is 22.8 Å². The second-order valence-corrected chi connectivity index (χ2v) is 12.7. The molecule has 0 fully saturated rings. The molecule has 8 nitrogen and oxygen atoms in total. The number of thiol groups is 2. The molecule has 3 aromatic rings. The highest BCUT2D eigenvalue weighted by atomic mass is 32.1. The van der Waals surface area contributed by atoms with Gasteiger partial charge >= 0.3 is 11.9 Å². The number of H-pyrrole nitrogens is 2. The zero-order chi connectivity index (χ0) is 32.0. The third kappa shape index (κ3) is 5.88. The van der Waals surface area contributed by atoms with Gasteiger partial charge in [0.2, 0.25) is 0 Å². The minimum absolute atomic E-state index is 0.0438. The minimum Gasteiger partial charge on any atom is -0.481 e. The predicted octanol–water partition coefficient (Wildman–Crippen LogP) is 8.41. The van der Waals surface area contributed by atoms with Crippen LogP contribution in [0.15, 0.2) is 30.8 Å². The van der Waals surface area contributed by atoms with E-state index in [2.05, 4.69) is 42.2 Å². The van der Waals surface area contributed by atoms with E-state index in [-0.39, 0.29) is 18.1 Å². The summed E-state index contributed by atoms with van der Waals surface area (Å²) >= 11 is 9.43. The second kappa shape index (κ2) is 12.2. The molecule has 4 N–H and O–H groups in total. The highest BCUT2D eigenvalue weighted by molar-refractivity contribution is 7.90. The van der Waals surface area contributed by atoms with E-state index in [9.17, 15) is 19.8 Å². The number of aryl methyl sites for hydroxylation is 2. The number of aromatic nitrogens is 4. The third-order valence-corrected chi connectivity index (χ3v) is 8.95. The molecule has 8 bridgehead atoms. The summed E-state index contributed by atoms with van der Waals surface area (Å²) < 4.78 is 0. The molecule has 3 aromatic heterocycles. The summed E-state index contributed by atoms with van der Waals surface area (Å²) in [4.78, 5) is 40.9. The van der Waals surface area contributed by atoms with Gasteiger partial charge < -0.3 is 20.2 Å².